The molecular weight excluding hydrogens is 351 g/mol. The first-order valence-electron chi connectivity index (χ1n) is 7.47. The highest BCUT2D eigenvalue weighted by atomic mass is 35.5. The minimum Gasteiger partial charge on any atom is -0.492 e. The highest BCUT2D eigenvalue weighted by Gasteiger charge is 2.27. The monoisotopic (exact) mass is 366 g/mol. The Bertz CT molecular complexity index is 761. The minimum atomic E-state index is -0.242. The van der Waals surface area contributed by atoms with E-state index in [1.165, 1.54) is 7.11 Å². The molecule has 24 heavy (non-hydrogen) atoms. The third kappa shape index (κ3) is 3.77. The largest absolute Gasteiger partial charge is 0.492 e. The molecule has 1 atom stereocenters. The van der Waals surface area contributed by atoms with Gasteiger partial charge in [0.1, 0.15) is 18.1 Å². The van der Waals surface area contributed by atoms with E-state index in [2.05, 4.69) is 0 Å². The number of fused-ring (bicyclic) bond motifs is 1. The van der Waals surface area contributed by atoms with Crippen LogP contribution in [0.3, 0.4) is 0 Å². The molecule has 0 fully saturated rings. The molecule has 2 aromatic carbocycles. The standard InChI is InChI=1S/C18H16Cl2O4/c1-22-18(21)6-12-10-24-17-8-14(4-5-15(12)17)23-9-11-2-3-13(19)7-16(11)20/h2-5,7-8,12H,6,9-10H2,1H3/t12-/m1/s1. The molecule has 0 radical (unpaired) electrons. The van der Waals surface area contributed by atoms with Gasteiger partial charge in [0.15, 0.2) is 0 Å². The lowest BCUT2D eigenvalue weighted by atomic mass is 9.98. The number of carbonyl (C=O) groups is 1. The zero-order valence-corrected chi connectivity index (χ0v) is 14.6. The summed E-state index contributed by atoms with van der Waals surface area (Å²) in [6, 6.07) is 10.9. The van der Waals surface area contributed by atoms with Gasteiger partial charge >= 0.3 is 5.97 Å². The topological polar surface area (TPSA) is 44.8 Å². The van der Waals surface area contributed by atoms with E-state index in [0.717, 1.165) is 16.9 Å². The number of esters is 1. The summed E-state index contributed by atoms with van der Waals surface area (Å²) in [4.78, 5) is 11.4. The SMILES string of the molecule is COC(=O)C[C@@H]1COc2cc(OCc3ccc(Cl)cc3Cl)ccc21. The molecule has 0 unspecified atom stereocenters. The average molecular weight is 367 g/mol. The minimum absolute atomic E-state index is 0.0206. The molecule has 0 saturated heterocycles. The number of benzene rings is 2. The molecule has 6 heteroatoms. The van der Waals surface area contributed by atoms with Gasteiger partial charge in [0, 0.05) is 33.2 Å². The highest BCUT2D eigenvalue weighted by Crippen LogP contribution is 2.38. The number of hydrogen-bond acceptors (Lipinski definition) is 4. The van der Waals surface area contributed by atoms with Gasteiger partial charge in [-0.3, -0.25) is 4.79 Å². The molecule has 0 N–H and O–H groups in total. The summed E-state index contributed by atoms with van der Waals surface area (Å²) in [5, 5.41) is 1.16. The van der Waals surface area contributed by atoms with Crippen LogP contribution in [0.2, 0.25) is 10.0 Å². The molecule has 1 aliphatic rings. The number of rotatable bonds is 5. The quantitative estimate of drug-likeness (QED) is 0.724. The summed E-state index contributed by atoms with van der Waals surface area (Å²) >= 11 is 12.0. The molecule has 2 aromatic rings. The fourth-order valence-electron chi connectivity index (χ4n) is 2.60. The van der Waals surface area contributed by atoms with Crippen molar-refractivity contribution in [3.63, 3.8) is 0 Å². The number of hydrogen-bond donors (Lipinski definition) is 0. The van der Waals surface area contributed by atoms with Crippen molar-refractivity contribution in [3.05, 3.63) is 57.6 Å². The van der Waals surface area contributed by atoms with Crippen molar-refractivity contribution in [1.82, 2.24) is 0 Å². The van der Waals surface area contributed by atoms with Crippen LogP contribution in [0.1, 0.15) is 23.5 Å². The van der Waals surface area contributed by atoms with Crippen molar-refractivity contribution in [1.29, 1.82) is 0 Å². The van der Waals surface area contributed by atoms with Crippen LogP contribution in [0, 0.1) is 0 Å². The zero-order valence-electron chi connectivity index (χ0n) is 13.1. The van der Waals surface area contributed by atoms with Crippen LogP contribution in [-0.4, -0.2) is 19.7 Å². The van der Waals surface area contributed by atoms with E-state index >= 15 is 0 Å². The van der Waals surface area contributed by atoms with Crippen LogP contribution in [0.15, 0.2) is 36.4 Å². The maximum absolute atomic E-state index is 11.4. The Morgan fingerprint density at radius 3 is 2.83 bits per heavy atom. The molecule has 1 heterocycles. The molecule has 0 saturated carbocycles. The molecule has 0 spiro atoms. The second-order valence-corrected chi connectivity index (χ2v) is 6.36. The Hall–Kier alpha value is -1.91. The number of halogens is 2. The smallest absolute Gasteiger partial charge is 0.306 e. The van der Waals surface area contributed by atoms with Gasteiger partial charge in [0.25, 0.3) is 0 Å². The summed E-state index contributed by atoms with van der Waals surface area (Å²) in [7, 11) is 1.39. The Balaban J connectivity index is 1.67. The normalized spacial score (nSPS) is 15.5. The fourth-order valence-corrected chi connectivity index (χ4v) is 3.06. The summed E-state index contributed by atoms with van der Waals surface area (Å²) in [5.41, 5.74) is 1.85. The van der Waals surface area contributed by atoms with Gasteiger partial charge in [0.05, 0.1) is 20.1 Å². The molecule has 0 aliphatic carbocycles. The van der Waals surface area contributed by atoms with E-state index in [-0.39, 0.29) is 11.9 Å². The van der Waals surface area contributed by atoms with Crippen LogP contribution in [0.4, 0.5) is 0 Å². The number of ether oxygens (including phenoxy) is 3. The fraction of sp³-hybridized carbons (Fsp3) is 0.278. The molecule has 126 valence electrons. The summed E-state index contributed by atoms with van der Waals surface area (Å²) in [5.74, 6) is 1.20. The lowest BCUT2D eigenvalue weighted by molar-refractivity contribution is -0.141. The Morgan fingerprint density at radius 2 is 2.08 bits per heavy atom. The van der Waals surface area contributed by atoms with Crippen LogP contribution in [0.5, 0.6) is 11.5 Å². The van der Waals surface area contributed by atoms with Gasteiger partial charge in [0.2, 0.25) is 0 Å². The maximum Gasteiger partial charge on any atom is 0.306 e. The Kier molecular flexibility index (Phi) is 5.17. The first-order chi connectivity index (χ1) is 11.6. The van der Waals surface area contributed by atoms with Crippen LogP contribution in [0.25, 0.3) is 0 Å². The average Bonchev–Trinajstić information content (AvgIpc) is 2.96. The third-order valence-electron chi connectivity index (χ3n) is 3.92. The zero-order chi connectivity index (χ0) is 17.1. The third-order valence-corrected chi connectivity index (χ3v) is 4.50. The number of methoxy groups -OCH3 is 1. The predicted molar refractivity (Wildman–Crippen MR) is 92.1 cm³/mol. The van der Waals surface area contributed by atoms with E-state index in [1.54, 1.807) is 12.1 Å². The van der Waals surface area contributed by atoms with E-state index in [4.69, 9.17) is 37.4 Å². The van der Waals surface area contributed by atoms with Gasteiger partial charge in [-0.25, -0.2) is 0 Å². The maximum atomic E-state index is 11.4. The first kappa shape index (κ1) is 16.9. The lowest BCUT2D eigenvalue weighted by Gasteiger charge is -2.10. The van der Waals surface area contributed by atoms with Crippen molar-refractivity contribution < 1.29 is 19.0 Å². The first-order valence-corrected chi connectivity index (χ1v) is 8.22. The van der Waals surface area contributed by atoms with Crippen LogP contribution >= 0.6 is 23.2 Å². The van der Waals surface area contributed by atoms with Gasteiger partial charge in [-0.2, -0.15) is 0 Å². The van der Waals surface area contributed by atoms with E-state index in [9.17, 15) is 4.79 Å². The van der Waals surface area contributed by atoms with Crippen molar-refractivity contribution in [3.8, 4) is 11.5 Å². The van der Waals surface area contributed by atoms with Crippen molar-refractivity contribution in [2.24, 2.45) is 0 Å². The highest BCUT2D eigenvalue weighted by molar-refractivity contribution is 6.35. The Morgan fingerprint density at radius 1 is 1.25 bits per heavy atom. The van der Waals surface area contributed by atoms with Crippen molar-refractivity contribution >= 4 is 29.2 Å². The molecular formula is C18H16Cl2O4. The molecule has 0 aromatic heterocycles. The number of carbonyl (C=O) groups excluding carboxylic acids is 1. The molecule has 4 nitrogen and oxygen atoms in total. The second kappa shape index (κ2) is 7.32. The van der Waals surface area contributed by atoms with Crippen molar-refractivity contribution in [2.75, 3.05) is 13.7 Å². The molecule has 3 rings (SSSR count). The Labute approximate surface area is 150 Å². The van der Waals surface area contributed by atoms with E-state index in [0.29, 0.717) is 35.4 Å². The summed E-state index contributed by atoms with van der Waals surface area (Å²) in [6.07, 6.45) is 0.310. The molecule has 1 aliphatic heterocycles. The van der Waals surface area contributed by atoms with Crippen LogP contribution in [-0.2, 0) is 16.1 Å². The van der Waals surface area contributed by atoms with E-state index in [1.807, 2.05) is 24.3 Å². The predicted octanol–water partition coefficient (Wildman–Crippen LogP) is 4.61. The molecule has 0 amide bonds. The van der Waals surface area contributed by atoms with Gasteiger partial charge in [-0.1, -0.05) is 35.3 Å². The van der Waals surface area contributed by atoms with E-state index < -0.39 is 0 Å². The van der Waals surface area contributed by atoms with Crippen molar-refractivity contribution in [2.45, 2.75) is 18.9 Å². The second-order valence-electron chi connectivity index (χ2n) is 5.51. The lowest BCUT2D eigenvalue weighted by Crippen LogP contribution is -2.09. The van der Waals surface area contributed by atoms with Gasteiger partial charge in [-0.05, 0) is 18.2 Å². The molecule has 0 bridgehead atoms. The van der Waals surface area contributed by atoms with Gasteiger partial charge < -0.3 is 14.2 Å². The summed E-state index contributed by atoms with van der Waals surface area (Å²) in [6.45, 7) is 0.803. The summed E-state index contributed by atoms with van der Waals surface area (Å²) < 4.78 is 16.2. The van der Waals surface area contributed by atoms with Crippen LogP contribution < -0.4 is 9.47 Å². The van der Waals surface area contributed by atoms with Gasteiger partial charge in [-0.15, -0.1) is 0 Å².